The van der Waals surface area contributed by atoms with Crippen LogP contribution >= 0.6 is 0 Å². The molecular formula is C32H50N4O4. The second-order valence-corrected chi connectivity index (χ2v) is 10.1. The molecule has 0 bridgehead atoms. The van der Waals surface area contributed by atoms with E-state index in [2.05, 4.69) is 48.9 Å². The molecule has 2 aromatic carbocycles. The van der Waals surface area contributed by atoms with E-state index < -0.39 is 0 Å². The van der Waals surface area contributed by atoms with Crippen LogP contribution in [0.4, 0.5) is 0 Å². The first-order valence-electron chi connectivity index (χ1n) is 14.4. The third-order valence-electron chi connectivity index (χ3n) is 6.42. The second kappa shape index (κ2) is 20.5. The molecule has 8 heteroatoms. The molecule has 0 spiro atoms. The Morgan fingerprint density at radius 3 is 2.17 bits per heavy atom. The van der Waals surface area contributed by atoms with Gasteiger partial charge in [-0.25, -0.2) is 0 Å². The molecular weight excluding hydrogens is 504 g/mol. The van der Waals surface area contributed by atoms with E-state index in [9.17, 15) is 14.4 Å². The van der Waals surface area contributed by atoms with Crippen molar-refractivity contribution in [3.05, 3.63) is 65.7 Å². The Labute approximate surface area is 241 Å². The summed E-state index contributed by atoms with van der Waals surface area (Å²) in [6.07, 6.45) is 3.64. The summed E-state index contributed by atoms with van der Waals surface area (Å²) in [6, 6.07) is 17.9. The van der Waals surface area contributed by atoms with Crippen LogP contribution in [-0.2, 0) is 20.8 Å². The van der Waals surface area contributed by atoms with E-state index in [1.165, 1.54) is 5.56 Å². The number of likely N-dealkylation sites (N-methyl/N-ethyl adjacent to an activating group) is 1. The first-order valence-corrected chi connectivity index (χ1v) is 14.4. The fourth-order valence-corrected chi connectivity index (χ4v) is 3.87. The number of carbonyl (C=O) groups is 3. The number of hydrogen-bond acceptors (Lipinski definition) is 5. The first-order chi connectivity index (χ1) is 19.2. The Hall–Kier alpha value is -3.39. The molecule has 2 atom stereocenters. The Morgan fingerprint density at radius 1 is 0.900 bits per heavy atom. The number of amides is 3. The van der Waals surface area contributed by atoms with Gasteiger partial charge < -0.3 is 25.6 Å². The van der Waals surface area contributed by atoms with E-state index >= 15 is 0 Å². The number of rotatable bonds is 16. The lowest BCUT2D eigenvalue weighted by Gasteiger charge is -2.26. The van der Waals surface area contributed by atoms with Crippen molar-refractivity contribution in [3.63, 3.8) is 0 Å². The number of ether oxygens (including phenoxy) is 1. The van der Waals surface area contributed by atoms with Gasteiger partial charge in [0.15, 0.2) is 0 Å². The van der Waals surface area contributed by atoms with Crippen molar-refractivity contribution in [2.24, 2.45) is 5.92 Å². The molecule has 0 radical (unpaired) electrons. The minimum Gasteiger partial charge on any atom is -0.492 e. The summed E-state index contributed by atoms with van der Waals surface area (Å²) in [5.41, 5.74) is 2.40. The van der Waals surface area contributed by atoms with Gasteiger partial charge >= 0.3 is 0 Å². The highest BCUT2D eigenvalue weighted by molar-refractivity contribution is 5.84. The molecule has 0 aliphatic rings. The van der Waals surface area contributed by atoms with E-state index in [0.29, 0.717) is 26.1 Å². The van der Waals surface area contributed by atoms with E-state index in [4.69, 9.17) is 4.74 Å². The molecule has 8 nitrogen and oxygen atoms in total. The number of nitrogens with one attached hydrogen (secondary N) is 3. The highest BCUT2D eigenvalue weighted by Crippen LogP contribution is 2.19. The number of carbonyl (C=O) groups excluding carboxylic acids is 3. The minimum absolute atomic E-state index is 0.0134. The van der Waals surface area contributed by atoms with Crippen molar-refractivity contribution in [1.82, 2.24) is 20.9 Å². The minimum atomic E-state index is -0.223. The quantitative estimate of drug-likeness (QED) is 0.271. The third-order valence-corrected chi connectivity index (χ3v) is 6.42. The summed E-state index contributed by atoms with van der Waals surface area (Å²) in [5, 5.41) is 8.78. The molecule has 0 fully saturated rings. The van der Waals surface area contributed by atoms with Gasteiger partial charge in [0.25, 0.3) is 0 Å². The molecule has 0 aromatic heterocycles. The van der Waals surface area contributed by atoms with Crippen molar-refractivity contribution in [2.75, 3.05) is 40.3 Å². The Bertz CT molecular complexity index is 997. The summed E-state index contributed by atoms with van der Waals surface area (Å²) >= 11 is 0. The van der Waals surface area contributed by atoms with Gasteiger partial charge in [-0.3, -0.25) is 14.4 Å². The van der Waals surface area contributed by atoms with E-state index in [1.807, 2.05) is 49.4 Å². The van der Waals surface area contributed by atoms with Crippen molar-refractivity contribution in [2.45, 2.75) is 65.8 Å². The van der Waals surface area contributed by atoms with E-state index in [1.54, 1.807) is 19.0 Å². The fourth-order valence-electron chi connectivity index (χ4n) is 3.87. The van der Waals surface area contributed by atoms with E-state index in [0.717, 1.165) is 37.0 Å². The molecule has 2 aromatic rings. The molecule has 0 aliphatic heterocycles. The summed E-state index contributed by atoms with van der Waals surface area (Å²) in [5.74, 6) is 0.850. The van der Waals surface area contributed by atoms with Crippen LogP contribution in [0.2, 0.25) is 0 Å². The highest BCUT2D eigenvalue weighted by Gasteiger charge is 2.24. The average molecular weight is 555 g/mol. The van der Waals surface area contributed by atoms with Gasteiger partial charge in [-0.2, -0.15) is 0 Å². The zero-order chi connectivity index (χ0) is 29.8. The van der Waals surface area contributed by atoms with Crippen LogP contribution in [0.3, 0.4) is 0 Å². The Morgan fingerprint density at radius 2 is 1.57 bits per heavy atom. The van der Waals surface area contributed by atoms with Crippen LogP contribution in [0.5, 0.6) is 5.75 Å². The monoisotopic (exact) mass is 554 g/mol. The van der Waals surface area contributed by atoms with Gasteiger partial charge in [-0.1, -0.05) is 81.3 Å². The number of para-hydroxylation sites is 1. The predicted octanol–water partition coefficient (Wildman–Crippen LogP) is 4.12. The largest absolute Gasteiger partial charge is 0.492 e. The van der Waals surface area contributed by atoms with Crippen LogP contribution in [-0.4, -0.2) is 69.0 Å². The third kappa shape index (κ3) is 14.7. The standard InChI is InChI=1S/C25H42N4O4.C7H8/c1-6-11-22(30)28-18-23(31)26-15-10-13-20-12-8-9-14-21(20)33-17-16-27-24(19(3)7-2)25(32)29(4)5;1-7-5-3-2-4-6-7/h8-9,12,14,19,24,27H,6-7,10-11,13,15-18H2,1-5H3,(H,26,31)(H,28,30);2-6H,1H3. The maximum absolute atomic E-state index is 12.4. The SMILES string of the molecule is CCCC(=O)NCC(=O)NCCCc1ccccc1OCCNC(C(=O)N(C)C)C(C)CC.Cc1ccccc1. The van der Waals surface area contributed by atoms with Gasteiger partial charge in [-0.15, -0.1) is 0 Å². The Balaban J connectivity index is 0.000000985. The second-order valence-electron chi connectivity index (χ2n) is 10.1. The number of nitrogens with zero attached hydrogens (tertiary/aromatic N) is 1. The smallest absolute Gasteiger partial charge is 0.239 e. The maximum Gasteiger partial charge on any atom is 0.239 e. The molecule has 0 aliphatic carbocycles. The molecule has 222 valence electrons. The van der Waals surface area contributed by atoms with Crippen LogP contribution < -0.4 is 20.7 Å². The average Bonchev–Trinajstić information content (AvgIpc) is 2.95. The van der Waals surface area contributed by atoms with Crippen molar-refractivity contribution in [1.29, 1.82) is 0 Å². The van der Waals surface area contributed by atoms with Crippen molar-refractivity contribution in [3.8, 4) is 5.75 Å². The highest BCUT2D eigenvalue weighted by atomic mass is 16.5. The maximum atomic E-state index is 12.4. The normalized spacial score (nSPS) is 11.8. The van der Waals surface area contributed by atoms with Crippen LogP contribution in [0.1, 0.15) is 57.6 Å². The van der Waals surface area contributed by atoms with Crippen LogP contribution in [0.25, 0.3) is 0 Å². The Kier molecular flexibility index (Phi) is 17.8. The molecule has 3 amide bonds. The van der Waals surface area contributed by atoms with Gasteiger partial charge in [0.05, 0.1) is 12.6 Å². The van der Waals surface area contributed by atoms with Crippen LogP contribution in [0.15, 0.2) is 54.6 Å². The molecule has 2 unspecified atom stereocenters. The lowest BCUT2D eigenvalue weighted by molar-refractivity contribution is -0.132. The number of benzene rings is 2. The molecule has 2 rings (SSSR count). The lowest BCUT2D eigenvalue weighted by Crippen LogP contribution is -2.48. The van der Waals surface area contributed by atoms with Gasteiger partial charge in [0.1, 0.15) is 12.4 Å². The van der Waals surface area contributed by atoms with Crippen molar-refractivity contribution >= 4 is 17.7 Å². The zero-order valence-corrected chi connectivity index (χ0v) is 25.3. The summed E-state index contributed by atoms with van der Waals surface area (Å²) in [6.45, 7) is 9.74. The summed E-state index contributed by atoms with van der Waals surface area (Å²) in [4.78, 5) is 37.3. The van der Waals surface area contributed by atoms with E-state index in [-0.39, 0.29) is 36.2 Å². The van der Waals surface area contributed by atoms with Gasteiger partial charge in [0.2, 0.25) is 17.7 Å². The van der Waals surface area contributed by atoms with Gasteiger partial charge in [-0.05, 0) is 43.7 Å². The number of aryl methyl sites for hydroxylation is 2. The number of hydrogen-bond donors (Lipinski definition) is 3. The topological polar surface area (TPSA) is 99.8 Å². The lowest BCUT2D eigenvalue weighted by atomic mass is 9.98. The van der Waals surface area contributed by atoms with Crippen molar-refractivity contribution < 1.29 is 19.1 Å². The van der Waals surface area contributed by atoms with Gasteiger partial charge in [0, 0.05) is 33.6 Å². The molecule has 40 heavy (non-hydrogen) atoms. The molecule has 0 heterocycles. The van der Waals surface area contributed by atoms with Crippen LogP contribution in [0, 0.1) is 12.8 Å². The first kappa shape index (κ1) is 34.6. The molecule has 0 saturated heterocycles. The fraction of sp³-hybridized carbons (Fsp3) is 0.531. The summed E-state index contributed by atoms with van der Waals surface area (Å²) in [7, 11) is 3.55. The predicted molar refractivity (Wildman–Crippen MR) is 162 cm³/mol. The molecule has 0 saturated carbocycles. The molecule has 3 N–H and O–H groups in total. The summed E-state index contributed by atoms with van der Waals surface area (Å²) < 4.78 is 5.98. The zero-order valence-electron chi connectivity index (χ0n) is 25.3.